The molecule has 2 aromatic carbocycles. The molecule has 3 rings (SSSR count). The molecule has 2 aromatic rings. The number of benzene rings is 2. The number of amides is 4. The summed E-state index contributed by atoms with van der Waals surface area (Å²) in [5, 5.41) is 11.7. The van der Waals surface area contributed by atoms with E-state index in [1.54, 1.807) is 24.3 Å². The number of aromatic hydroxyl groups is 1. The fourth-order valence-corrected chi connectivity index (χ4v) is 2.94. The van der Waals surface area contributed by atoms with E-state index in [4.69, 9.17) is 23.2 Å². The van der Waals surface area contributed by atoms with Crippen LogP contribution in [0.3, 0.4) is 0 Å². The van der Waals surface area contributed by atoms with Crippen LogP contribution < -0.4 is 5.32 Å². The van der Waals surface area contributed by atoms with Gasteiger partial charge in [-0.3, -0.25) is 19.8 Å². The lowest BCUT2D eigenvalue weighted by molar-refractivity contribution is -0.130. The Hall–Kier alpha value is -2.83. The molecule has 132 valence electrons. The molecule has 1 aliphatic heterocycles. The molecule has 4 amide bonds. The van der Waals surface area contributed by atoms with E-state index >= 15 is 0 Å². The van der Waals surface area contributed by atoms with Crippen LogP contribution >= 0.6 is 23.2 Å². The van der Waals surface area contributed by atoms with Crippen molar-refractivity contribution in [1.82, 2.24) is 10.2 Å². The fourth-order valence-electron chi connectivity index (χ4n) is 2.44. The first-order valence-corrected chi connectivity index (χ1v) is 8.23. The van der Waals surface area contributed by atoms with Crippen LogP contribution in [0.15, 0.2) is 48.0 Å². The van der Waals surface area contributed by atoms with E-state index in [0.29, 0.717) is 5.56 Å². The highest BCUT2D eigenvalue weighted by atomic mass is 35.5. The van der Waals surface area contributed by atoms with Gasteiger partial charge >= 0.3 is 6.03 Å². The first-order chi connectivity index (χ1) is 12.4. The van der Waals surface area contributed by atoms with Crippen molar-refractivity contribution in [2.45, 2.75) is 6.54 Å². The number of hydrogen-bond donors (Lipinski definition) is 2. The van der Waals surface area contributed by atoms with Crippen LogP contribution in [0.5, 0.6) is 5.75 Å². The number of halogens is 2. The van der Waals surface area contributed by atoms with E-state index < -0.39 is 17.8 Å². The lowest BCUT2D eigenvalue weighted by Gasteiger charge is -2.26. The summed E-state index contributed by atoms with van der Waals surface area (Å²) in [6.45, 7) is 0.0210. The lowest BCUT2D eigenvalue weighted by atomic mass is 10.1. The zero-order chi connectivity index (χ0) is 18.8. The molecule has 8 heteroatoms. The largest absolute Gasteiger partial charge is 0.505 e. The van der Waals surface area contributed by atoms with Crippen LogP contribution in [0.25, 0.3) is 6.08 Å². The molecule has 1 fully saturated rings. The fraction of sp³-hybridized carbons (Fsp3) is 0.0556. The Morgan fingerprint density at radius 3 is 2.27 bits per heavy atom. The van der Waals surface area contributed by atoms with Gasteiger partial charge in [0.15, 0.2) is 5.75 Å². The van der Waals surface area contributed by atoms with Crippen molar-refractivity contribution in [3.8, 4) is 5.75 Å². The van der Waals surface area contributed by atoms with Gasteiger partial charge in [0.25, 0.3) is 11.8 Å². The molecule has 6 nitrogen and oxygen atoms in total. The summed E-state index contributed by atoms with van der Waals surface area (Å²) in [7, 11) is 0. The number of rotatable bonds is 3. The van der Waals surface area contributed by atoms with Crippen molar-refractivity contribution in [2.75, 3.05) is 0 Å². The molecular weight excluding hydrogens is 379 g/mol. The third-order valence-electron chi connectivity index (χ3n) is 3.72. The Morgan fingerprint density at radius 1 is 1.04 bits per heavy atom. The first-order valence-electron chi connectivity index (χ1n) is 7.47. The number of barbiturate groups is 1. The molecule has 0 atom stereocenters. The first kappa shape index (κ1) is 18.0. The molecule has 0 aliphatic carbocycles. The number of phenolic OH excluding ortho intramolecular Hbond substituents is 1. The normalized spacial score (nSPS) is 16.2. The quantitative estimate of drug-likeness (QED) is 0.621. The number of hydrogen-bond acceptors (Lipinski definition) is 4. The van der Waals surface area contributed by atoms with Crippen LogP contribution in [-0.2, 0) is 16.1 Å². The summed E-state index contributed by atoms with van der Waals surface area (Å²) in [5.41, 5.74) is 0.837. The van der Waals surface area contributed by atoms with E-state index in [1.807, 2.05) is 6.07 Å². The Morgan fingerprint density at radius 2 is 1.65 bits per heavy atom. The van der Waals surface area contributed by atoms with Crippen LogP contribution in [-0.4, -0.2) is 27.9 Å². The van der Waals surface area contributed by atoms with Gasteiger partial charge < -0.3 is 5.11 Å². The second-order valence-corrected chi connectivity index (χ2v) is 6.34. The van der Waals surface area contributed by atoms with Gasteiger partial charge in [-0.1, -0.05) is 53.5 Å². The average molecular weight is 391 g/mol. The predicted octanol–water partition coefficient (Wildman–Crippen LogP) is 3.36. The molecule has 0 spiro atoms. The van der Waals surface area contributed by atoms with Gasteiger partial charge in [0.1, 0.15) is 5.57 Å². The highest BCUT2D eigenvalue weighted by Crippen LogP contribution is 2.33. The van der Waals surface area contributed by atoms with E-state index in [2.05, 4.69) is 5.32 Å². The maximum Gasteiger partial charge on any atom is 0.331 e. The SMILES string of the molecule is O=C1NC(=O)N(Cc2ccccc2)C(=O)C1=Cc1cc(Cl)c(O)c(Cl)c1. The monoisotopic (exact) mass is 390 g/mol. The number of urea groups is 1. The Bertz CT molecular complexity index is 918. The molecule has 26 heavy (non-hydrogen) atoms. The number of nitrogens with zero attached hydrogens (tertiary/aromatic N) is 1. The molecule has 0 radical (unpaired) electrons. The number of carbonyl (C=O) groups excluding carboxylic acids is 3. The van der Waals surface area contributed by atoms with Crippen molar-refractivity contribution in [3.63, 3.8) is 0 Å². The molecule has 1 aliphatic rings. The summed E-state index contributed by atoms with van der Waals surface area (Å²) in [5.74, 6) is -1.84. The van der Waals surface area contributed by atoms with Crippen molar-refractivity contribution in [3.05, 3.63) is 69.2 Å². The second-order valence-electron chi connectivity index (χ2n) is 5.53. The molecule has 0 saturated carbocycles. The van der Waals surface area contributed by atoms with E-state index in [1.165, 1.54) is 18.2 Å². The minimum Gasteiger partial charge on any atom is -0.505 e. The number of nitrogens with one attached hydrogen (secondary N) is 1. The van der Waals surface area contributed by atoms with Crippen LogP contribution in [0.2, 0.25) is 10.0 Å². The molecule has 0 bridgehead atoms. The molecule has 2 N–H and O–H groups in total. The van der Waals surface area contributed by atoms with Gasteiger partial charge in [0.2, 0.25) is 0 Å². The number of carbonyl (C=O) groups is 3. The summed E-state index contributed by atoms with van der Waals surface area (Å²) in [4.78, 5) is 37.7. The maximum absolute atomic E-state index is 12.7. The smallest absolute Gasteiger partial charge is 0.331 e. The number of imide groups is 2. The van der Waals surface area contributed by atoms with Gasteiger partial charge in [-0.2, -0.15) is 0 Å². The zero-order valence-corrected chi connectivity index (χ0v) is 14.7. The van der Waals surface area contributed by atoms with Gasteiger partial charge in [0.05, 0.1) is 16.6 Å². The number of phenols is 1. The van der Waals surface area contributed by atoms with Gasteiger partial charge in [0, 0.05) is 0 Å². The van der Waals surface area contributed by atoms with Crippen LogP contribution in [0.1, 0.15) is 11.1 Å². The third-order valence-corrected chi connectivity index (χ3v) is 4.30. The van der Waals surface area contributed by atoms with Gasteiger partial charge in [-0.05, 0) is 29.3 Å². The van der Waals surface area contributed by atoms with Crippen LogP contribution in [0.4, 0.5) is 4.79 Å². The molecule has 1 saturated heterocycles. The summed E-state index contributed by atoms with van der Waals surface area (Å²) in [6, 6.07) is 10.8. The summed E-state index contributed by atoms with van der Waals surface area (Å²) in [6.07, 6.45) is 1.26. The van der Waals surface area contributed by atoms with Crippen molar-refractivity contribution < 1.29 is 19.5 Å². The molecule has 0 unspecified atom stereocenters. The molecule has 0 aromatic heterocycles. The maximum atomic E-state index is 12.7. The zero-order valence-electron chi connectivity index (χ0n) is 13.2. The minimum absolute atomic E-state index is 0.0210. The Labute approximate surface area is 158 Å². The third kappa shape index (κ3) is 3.56. The molecule has 1 heterocycles. The highest BCUT2D eigenvalue weighted by Gasteiger charge is 2.35. The van der Waals surface area contributed by atoms with Gasteiger partial charge in [-0.25, -0.2) is 4.79 Å². The van der Waals surface area contributed by atoms with Crippen molar-refractivity contribution in [1.29, 1.82) is 0 Å². The van der Waals surface area contributed by atoms with Crippen LogP contribution in [0, 0.1) is 0 Å². The van der Waals surface area contributed by atoms with E-state index in [9.17, 15) is 19.5 Å². The topological polar surface area (TPSA) is 86.7 Å². The van der Waals surface area contributed by atoms with Crippen molar-refractivity contribution >= 4 is 47.1 Å². The Balaban J connectivity index is 1.95. The standard InChI is InChI=1S/C18H12Cl2N2O4/c19-13-7-11(8-14(20)15(13)23)6-12-16(24)21-18(26)22(17(12)25)9-10-4-2-1-3-5-10/h1-8,23H,9H2,(H,21,24,26). The summed E-state index contributed by atoms with van der Waals surface area (Å²) >= 11 is 11.7. The lowest BCUT2D eigenvalue weighted by Crippen LogP contribution is -2.53. The van der Waals surface area contributed by atoms with Gasteiger partial charge in [-0.15, -0.1) is 0 Å². The minimum atomic E-state index is -0.815. The second kappa shape index (κ2) is 7.19. The average Bonchev–Trinajstić information content (AvgIpc) is 2.61. The highest BCUT2D eigenvalue weighted by molar-refractivity contribution is 6.37. The van der Waals surface area contributed by atoms with E-state index in [0.717, 1.165) is 10.5 Å². The van der Waals surface area contributed by atoms with E-state index in [-0.39, 0.29) is 27.9 Å². The Kier molecular flexibility index (Phi) is 4.97. The van der Waals surface area contributed by atoms with Crippen molar-refractivity contribution in [2.24, 2.45) is 0 Å². The summed E-state index contributed by atoms with van der Waals surface area (Å²) < 4.78 is 0. The molecular formula is C18H12Cl2N2O4. The predicted molar refractivity (Wildman–Crippen MR) is 96.6 cm³/mol.